The van der Waals surface area contributed by atoms with E-state index in [0.717, 1.165) is 18.9 Å². The van der Waals surface area contributed by atoms with E-state index in [1.807, 2.05) is 11.0 Å². The molecule has 2 aromatic heterocycles. The number of hydrogen-bond donors (Lipinski definition) is 0. The van der Waals surface area contributed by atoms with Gasteiger partial charge in [0.2, 0.25) is 0 Å². The molecule has 3 heterocycles. The Labute approximate surface area is 134 Å². The van der Waals surface area contributed by atoms with Gasteiger partial charge in [0, 0.05) is 32.4 Å². The van der Waals surface area contributed by atoms with E-state index < -0.39 is 0 Å². The lowest BCUT2D eigenvalue weighted by Gasteiger charge is -2.36. The van der Waals surface area contributed by atoms with Gasteiger partial charge in [-0.25, -0.2) is 19.3 Å². The summed E-state index contributed by atoms with van der Waals surface area (Å²) in [5.74, 6) is 1.44. The third-order valence-corrected chi connectivity index (χ3v) is 3.89. The van der Waals surface area contributed by atoms with Crippen molar-refractivity contribution in [2.75, 3.05) is 36.0 Å². The summed E-state index contributed by atoms with van der Waals surface area (Å²) in [4.78, 5) is 16.7. The Morgan fingerprint density at radius 3 is 2.39 bits per heavy atom. The number of pyridine rings is 1. The molecule has 2 aromatic rings. The first-order chi connectivity index (χ1) is 11.1. The third-order valence-electron chi connectivity index (χ3n) is 3.89. The van der Waals surface area contributed by atoms with Gasteiger partial charge in [-0.1, -0.05) is 0 Å². The average molecular weight is 312 g/mol. The van der Waals surface area contributed by atoms with Gasteiger partial charge >= 0.3 is 0 Å². The molecule has 0 aliphatic carbocycles. The Kier molecular flexibility index (Phi) is 4.06. The standard InChI is InChI=1S/C16H17FN6/c1-11-15(17)16(21-12(2)20-11)23-7-5-22(6-8-23)14-4-3-13(9-18)10-19-14/h3-4,10H,5-8H2,1-2H3. The van der Waals surface area contributed by atoms with E-state index in [-0.39, 0.29) is 5.82 Å². The molecule has 0 radical (unpaired) electrons. The van der Waals surface area contributed by atoms with Crippen LogP contribution in [0.1, 0.15) is 17.1 Å². The molecule has 1 saturated heterocycles. The molecule has 0 unspecified atom stereocenters. The van der Waals surface area contributed by atoms with Crippen LogP contribution in [-0.2, 0) is 0 Å². The molecule has 0 aromatic carbocycles. The monoisotopic (exact) mass is 312 g/mol. The number of aryl methyl sites for hydroxylation is 2. The first-order valence-electron chi connectivity index (χ1n) is 7.45. The third kappa shape index (κ3) is 3.06. The normalized spacial score (nSPS) is 14.7. The fourth-order valence-corrected chi connectivity index (χ4v) is 2.68. The van der Waals surface area contributed by atoms with Crippen LogP contribution in [-0.4, -0.2) is 41.1 Å². The van der Waals surface area contributed by atoms with E-state index in [0.29, 0.717) is 36.0 Å². The molecule has 0 saturated carbocycles. The summed E-state index contributed by atoms with van der Waals surface area (Å²) >= 11 is 0. The number of nitriles is 1. The second-order valence-corrected chi connectivity index (χ2v) is 5.48. The summed E-state index contributed by atoms with van der Waals surface area (Å²) in [5, 5.41) is 8.81. The van der Waals surface area contributed by atoms with Crippen LogP contribution in [0.25, 0.3) is 0 Å². The first-order valence-corrected chi connectivity index (χ1v) is 7.45. The summed E-state index contributed by atoms with van der Waals surface area (Å²) in [7, 11) is 0. The van der Waals surface area contributed by atoms with Crippen LogP contribution in [0.4, 0.5) is 16.0 Å². The minimum absolute atomic E-state index is 0.347. The molecule has 1 fully saturated rings. The number of nitrogens with zero attached hydrogens (tertiary/aromatic N) is 6. The minimum atomic E-state index is -0.347. The molecular formula is C16H17FN6. The Morgan fingerprint density at radius 2 is 1.78 bits per heavy atom. The van der Waals surface area contributed by atoms with E-state index in [4.69, 9.17) is 5.26 Å². The van der Waals surface area contributed by atoms with Gasteiger partial charge in [0.25, 0.3) is 0 Å². The lowest BCUT2D eigenvalue weighted by atomic mass is 10.2. The van der Waals surface area contributed by atoms with Crippen LogP contribution < -0.4 is 9.80 Å². The Morgan fingerprint density at radius 1 is 1.09 bits per heavy atom. The van der Waals surface area contributed by atoms with Crippen molar-refractivity contribution in [2.24, 2.45) is 0 Å². The fourth-order valence-electron chi connectivity index (χ4n) is 2.68. The van der Waals surface area contributed by atoms with Crippen LogP contribution >= 0.6 is 0 Å². The molecule has 7 heteroatoms. The molecule has 0 N–H and O–H groups in total. The highest BCUT2D eigenvalue weighted by Crippen LogP contribution is 2.22. The summed E-state index contributed by atoms with van der Waals surface area (Å²) < 4.78 is 14.2. The van der Waals surface area contributed by atoms with Crippen LogP contribution in [0.15, 0.2) is 18.3 Å². The highest BCUT2D eigenvalue weighted by Gasteiger charge is 2.23. The van der Waals surface area contributed by atoms with E-state index in [9.17, 15) is 4.39 Å². The molecule has 0 bridgehead atoms. The van der Waals surface area contributed by atoms with Crippen molar-refractivity contribution in [1.82, 2.24) is 15.0 Å². The zero-order chi connectivity index (χ0) is 16.4. The molecular weight excluding hydrogens is 295 g/mol. The van der Waals surface area contributed by atoms with Crippen molar-refractivity contribution < 1.29 is 4.39 Å². The minimum Gasteiger partial charge on any atom is -0.353 e. The molecule has 0 atom stereocenters. The molecule has 0 amide bonds. The van der Waals surface area contributed by atoms with Gasteiger partial charge in [-0.15, -0.1) is 0 Å². The Bertz CT molecular complexity index is 744. The van der Waals surface area contributed by atoms with Crippen molar-refractivity contribution in [3.63, 3.8) is 0 Å². The van der Waals surface area contributed by atoms with Gasteiger partial charge in [-0.3, -0.25) is 0 Å². The number of anilines is 2. The van der Waals surface area contributed by atoms with Gasteiger partial charge in [0.05, 0.1) is 11.3 Å². The van der Waals surface area contributed by atoms with E-state index in [2.05, 4.69) is 25.9 Å². The summed E-state index contributed by atoms with van der Waals surface area (Å²) in [5.41, 5.74) is 0.921. The quantitative estimate of drug-likeness (QED) is 0.842. The van der Waals surface area contributed by atoms with Gasteiger partial charge in [-0.2, -0.15) is 5.26 Å². The second-order valence-electron chi connectivity index (χ2n) is 5.48. The van der Waals surface area contributed by atoms with Gasteiger partial charge in [-0.05, 0) is 26.0 Å². The molecule has 1 aliphatic rings. The van der Waals surface area contributed by atoms with Crippen molar-refractivity contribution in [2.45, 2.75) is 13.8 Å². The van der Waals surface area contributed by atoms with Crippen LogP contribution in [0.2, 0.25) is 0 Å². The molecule has 118 valence electrons. The molecule has 23 heavy (non-hydrogen) atoms. The number of piperazine rings is 1. The maximum Gasteiger partial charge on any atom is 0.186 e. The van der Waals surface area contributed by atoms with Crippen LogP contribution in [0.3, 0.4) is 0 Å². The second kappa shape index (κ2) is 6.16. The maximum atomic E-state index is 14.2. The molecule has 6 nitrogen and oxygen atoms in total. The molecule has 0 spiro atoms. The van der Waals surface area contributed by atoms with Crippen molar-refractivity contribution in [3.05, 3.63) is 41.2 Å². The molecule has 1 aliphatic heterocycles. The predicted molar refractivity (Wildman–Crippen MR) is 84.8 cm³/mol. The largest absolute Gasteiger partial charge is 0.353 e. The Hall–Kier alpha value is -2.75. The fraction of sp³-hybridized carbons (Fsp3) is 0.375. The van der Waals surface area contributed by atoms with E-state index >= 15 is 0 Å². The highest BCUT2D eigenvalue weighted by atomic mass is 19.1. The number of aromatic nitrogens is 3. The number of hydrogen-bond acceptors (Lipinski definition) is 6. The van der Waals surface area contributed by atoms with Crippen LogP contribution in [0.5, 0.6) is 0 Å². The smallest absolute Gasteiger partial charge is 0.186 e. The average Bonchev–Trinajstić information content (AvgIpc) is 2.58. The number of rotatable bonds is 2. The van der Waals surface area contributed by atoms with Gasteiger partial charge < -0.3 is 9.80 Å². The van der Waals surface area contributed by atoms with Crippen molar-refractivity contribution >= 4 is 11.6 Å². The van der Waals surface area contributed by atoms with E-state index in [1.165, 1.54) is 0 Å². The topological polar surface area (TPSA) is 68.9 Å². The maximum absolute atomic E-state index is 14.2. The SMILES string of the molecule is Cc1nc(C)c(F)c(N2CCN(c3ccc(C#N)cn3)CC2)n1. The van der Waals surface area contributed by atoms with Gasteiger partial charge in [0.1, 0.15) is 17.7 Å². The summed E-state index contributed by atoms with van der Waals surface area (Å²) in [6.45, 7) is 6.20. The van der Waals surface area contributed by atoms with Crippen LogP contribution in [0, 0.1) is 31.0 Å². The summed E-state index contributed by atoms with van der Waals surface area (Å²) in [6, 6.07) is 5.65. The van der Waals surface area contributed by atoms with Gasteiger partial charge in [0.15, 0.2) is 11.6 Å². The highest BCUT2D eigenvalue weighted by molar-refractivity contribution is 5.47. The lowest BCUT2D eigenvalue weighted by Crippen LogP contribution is -2.47. The predicted octanol–water partition coefficient (Wildman–Crippen LogP) is 1.83. The first kappa shape index (κ1) is 15.2. The number of halogens is 1. The van der Waals surface area contributed by atoms with Crippen molar-refractivity contribution in [1.29, 1.82) is 5.26 Å². The van der Waals surface area contributed by atoms with Crippen molar-refractivity contribution in [3.8, 4) is 6.07 Å². The zero-order valence-corrected chi connectivity index (χ0v) is 13.1. The summed E-state index contributed by atoms with van der Waals surface area (Å²) in [6.07, 6.45) is 1.57. The Balaban J connectivity index is 1.72. The lowest BCUT2D eigenvalue weighted by molar-refractivity contribution is 0.570. The van der Waals surface area contributed by atoms with E-state index in [1.54, 1.807) is 26.1 Å². The zero-order valence-electron chi connectivity index (χ0n) is 13.1. The molecule has 3 rings (SSSR count).